The van der Waals surface area contributed by atoms with Crippen LogP contribution >= 0.6 is 35.3 Å². The summed E-state index contributed by atoms with van der Waals surface area (Å²) in [7, 11) is 5.80. The minimum absolute atomic E-state index is 0. The van der Waals surface area contributed by atoms with E-state index in [1.165, 1.54) is 29.0 Å². The Bertz CT molecular complexity index is 822. The van der Waals surface area contributed by atoms with Crippen LogP contribution in [0, 0.1) is 19.8 Å². The van der Waals surface area contributed by atoms with E-state index in [0.29, 0.717) is 25.1 Å². The molecule has 9 heteroatoms. The van der Waals surface area contributed by atoms with Crippen LogP contribution in [-0.4, -0.2) is 61.5 Å². The fourth-order valence-corrected chi connectivity index (χ4v) is 5.37. The third-order valence-corrected chi connectivity index (χ3v) is 7.01. The highest BCUT2D eigenvalue weighted by Crippen LogP contribution is 2.36. The predicted molar refractivity (Wildman–Crippen MR) is 140 cm³/mol. The maximum absolute atomic E-state index is 5.19. The number of ether oxygens (including phenoxy) is 1. The number of aliphatic imine (C=N–C) groups is 1. The number of thiophene rings is 1. The van der Waals surface area contributed by atoms with Crippen molar-refractivity contribution < 1.29 is 4.74 Å². The van der Waals surface area contributed by atoms with Gasteiger partial charge in [-0.3, -0.25) is 14.6 Å². The van der Waals surface area contributed by atoms with Crippen LogP contribution in [0.25, 0.3) is 0 Å². The van der Waals surface area contributed by atoms with E-state index in [9.17, 15) is 0 Å². The predicted octanol–water partition coefficient (Wildman–Crippen LogP) is 3.57. The van der Waals surface area contributed by atoms with Crippen molar-refractivity contribution in [3.8, 4) is 0 Å². The molecule has 7 nitrogen and oxygen atoms in total. The Morgan fingerprint density at radius 2 is 2.16 bits per heavy atom. The van der Waals surface area contributed by atoms with Gasteiger partial charge in [0.25, 0.3) is 0 Å². The number of aromatic nitrogens is 2. The fraction of sp³-hybridized carbons (Fsp3) is 0.636. The Morgan fingerprint density at radius 1 is 1.35 bits per heavy atom. The molecule has 1 aliphatic rings. The minimum Gasteiger partial charge on any atom is -0.383 e. The fourth-order valence-electron chi connectivity index (χ4n) is 4.39. The first kappa shape index (κ1) is 26.1. The van der Waals surface area contributed by atoms with Gasteiger partial charge in [0, 0.05) is 49.4 Å². The number of rotatable bonds is 8. The number of aryl methyl sites for hydroxylation is 1. The van der Waals surface area contributed by atoms with Gasteiger partial charge in [-0.25, -0.2) is 0 Å². The van der Waals surface area contributed by atoms with E-state index in [2.05, 4.69) is 64.0 Å². The molecule has 1 fully saturated rings. The van der Waals surface area contributed by atoms with Gasteiger partial charge in [-0.1, -0.05) is 6.07 Å². The molecule has 0 spiro atoms. The highest BCUT2D eigenvalue weighted by molar-refractivity contribution is 14.0. The molecule has 3 heterocycles. The number of likely N-dealkylation sites (tertiary alicyclic amines) is 1. The number of guanidine groups is 1. The van der Waals surface area contributed by atoms with E-state index in [0.717, 1.165) is 31.3 Å². The molecule has 1 saturated heterocycles. The first-order valence-electron chi connectivity index (χ1n) is 10.7. The van der Waals surface area contributed by atoms with Crippen molar-refractivity contribution in [1.29, 1.82) is 0 Å². The van der Waals surface area contributed by atoms with Gasteiger partial charge < -0.3 is 15.4 Å². The number of hydrogen-bond donors (Lipinski definition) is 2. The van der Waals surface area contributed by atoms with Gasteiger partial charge in [0.05, 0.1) is 18.8 Å². The van der Waals surface area contributed by atoms with Crippen molar-refractivity contribution in [2.45, 2.75) is 45.8 Å². The van der Waals surface area contributed by atoms with Gasteiger partial charge in [0.15, 0.2) is 5.96 Å². The monoisotopic (exact) mass is 560 g/mol. The first-order chi connectivity index (χ1) is 14.5. The van der Waals surface area contributed by atoms with Crippen LogP contribution < -0.4 is 10.6 Å². The second kappa shape index (κ2) is 12.8. The molecule has 0 saturated carbocycles. The van der Waals surface area contributed by atoms with Crippen molar-refractivity contribution in [3.05, 3.63) is 39.3 Å². The largest absolute Gasteiger partial charge is 0.383 e. The highest BCUT2D eigenvalue weighted by atomic mass is 127. The molecule has 2 unspecified atom stereocenters. The normalized spacial score (nSPS) is 19.8. The molecule has 2 atom stereocenters. The van der Waals surface area contributed by atoms with E-state index >= 15 is 0 Å². The summed E-state index contributed by atoms with van der Waals surface area (Å²) in [5, 5.41) is 13.9. The molecule has 3 rings (SSSR count). The smallest absolute Gasteiger partial charge is 0.191 e. The summed E-state index contributed by atoms with van der Waals surface area (Å²) in [4.78, 5) is 8.41. The molecule has 1 aliphatic heterocycles. The lowest BCUT2D eigenvalue weighted by atomic mass is 9.88. The minimum atomic E-state index is 0. The molecule has 2 aromatic heterocycles. The molecule has 0 amide bonds. The van der Waals surface area contributed by atoms with Gasteiger partial charge in [0.2, 0.25) is 0 Å². The Labute approximate surface area is 207 Å². The van der Waals surface area contributed by atoms with Crippen LogP contribution in [0.1, 0.15) is 40.7 Å². The van der Waals surface area contributed by atoms with Gasteiger partial charge in [0.1, 0.15) is 0 Å². The van der Waals surface area contributed by atoms with Gasteiger partial charge in [-0.2, -0.15) is 5.10 Å². The molecule has 0 aromatic carbocycles. The second-order valence-electron chi connectivity index (χ2n) is 8.02. The van der Waals surface area contributed by atoms with E-state index in [1.54, 1.807) is 7.11 Å². The molecule has 2 N–H and O–H groups in total. The molecule has 2 aromatic rings. The number of halogens is 1. The average molecular weight is 561 g/mol. The van der Waals surface area contributed by atoms with Crippen molar-refractivity contribution in [1.82, 2.24) is 25.3 Å². The highest BCUT2D eigenvalue weighted by Gasteiger charge is 2.31. The molecule has 0 bridgehead atoms. The zero-order chi connectivity index (χ0) is 21.5. The standard InChI is InChI=1S/C22H36N6OS.HI/c1-16-19(17(2)28(26-16)11-12-29-5)15-25-22(23-3)24-14-18-8-6-10-27(4)21(18)20-9-7-13-30-20;/h7,9,13,18,21H,6,8,10-12,14-15H2,1-5H3,(H2,23,24,25);1H. The summed E-state index contributed by atoms with van der Waals surface area (Å²) in [5.41, 5.74) is 3.46. The maximum atomic E-state index is 5.19. The average Bonchev–Trinajstić information content (AvgIpc) is 3.35. The Morgan fingerprint density at radius 3 is 2.84 bits per heavy atom. The number of nitrogens with one attached hydrogen (secondary N) is 2. The number of piperidine rings is 1. The molecular weight excluding hydrogens is 523 g/mol. The third-order valence-electron chi connectivity index (χ3n) is 6.07. The van der Waals surface area contributed by atoms with Crippen LogP contribution in [-0.2, 0) is 17.8 Å². The summed E-state index contributed by atoms with van der Waals surface area (Å²) in [6.45, 7) is 8.41. The summed E-state index contributed by atoms with van der Waals surface area (Å²) in [6.07, 6.45) is 2.48. The summed E-state index contributed by atoms with van der Waals surface area (Å²) >= 11 is 1.86. The van der Waals surface area contributed by atoms with E-state index in [-0.39, 0.29) is 24.0 Å². The van der Waals surface area contributed by atoms with Gasteiger partial charge >= 0.3 is 0 Å². The van der Waals surface area contributed by atoms with Crippen LogP contribution in [0.3, 0.4) is 0 Å². The van der Waals surface area contributed by atoms with Crippen LogP contribution in [0.15, 0.2) is 22.5 Å². The lowest BCUT2D eigenvalue weighted by molar-refractivity contribution is 0.125. The Kier molecular flexibility index (Phi) is 10.7. The first-order valence-corrected chi connectivity index (χ1v) is 11.6. The van der Waals surface area contributed by atoms with Gasteiger partial charge in [-0.15, -0.1) is 35.3 Å². The lowest BCUT2D eigenvalue weighted by Gasteiger charge is -2.39. The molecule has 0 radical (unpaired) electrons. The zero-order valence-corrected chi connectivity index (χ0v) is 22.5. The van der Waals surface area contributed by atoms with Crippen LogP contribution in [0.5, 0.6) is 0 Å². The second-order valence-corrected chi connectivity index (χ2v) is 8.99. The number of hydrogen-bond acceptors (Lipinski definition) is 5. The van der Waals surface area contributed by atoms with Crippen molar-refractivity contribution in [2.24, 2.45) is 10.9 Å². The maximum Gasteiger partial charge on any atom is 0.191 e. The SMILES string of the molecule is CN=C(NCc1c(C)nn(CCOC)c1C)NCC1CCCN(C)C1c1cccs1.I. The summed E-state index contributed by atoms with van der Waals surface area (Å²) in [6, 6.07) is 4.91. The molecule has 174 valence electrons. The summed E-state index contributed by atoms with van der Waals surface area (Å²) in [5.74, 6) is 1.41. The van der Waals surface area contributed by atoms with E-state index in [4.69, 9.17) is 4.74 Å². The zero-order valence-electron chi connectivity index (χ0n) is 19.4. The van der Waals surface area contributed by atoms with Crippen molar-refractivity contribution in [2.75, 3.05) is 40.9 Å². The lowest BCUT2D eigenvalue weighted by Crippen LogP contribution is -2.44. The molecule has 0 aliphatic carbocycles. The number of nitrogens with zero attached hydrogens (tertiary/aromatic N) is 4. The Balaban J connectivity index is 0.00000341. The quantitative estimate of drug-likeness (QED) is 0.294. The van der Waals surface area contributed by atoms with Crippen LogP contribution in [0.2, 0.25) is 0 Å². The van der Waals surface area contributed by atoms with Crippen LogP contribution in [0.4, 0.5) is 0 Å². The Hall–Kier alpha value is -1.17. The topological polar surface area (TPSA) is 66.7 Å². The van der Waals surface area contributed by atoms with Crippen molar-refractivity contribution in [3.63, 3.8) is 0 Å². The molecular formula is C22H37IN6OS. The van der Waals surface area contributed by atoms with Crippen molar-refractivity contribution >= 4 is 41.3 Å². The summed E-state index contributed by atoms with van der Waals surface area (Å²) < 4.78 is 7.21. The molecule has 31 heavy (non-hydrogen) atoms. The third kappa shape index (κ3) is 6.66. The van der Waals surface area contributed by atoms with Gasteiger partial charge in [-0.05, 0) is 57.6 Å². The van der Waals surface area contributed by atoms with E-state index < -0.39 is 0 Å². The number of methoxy groups -OCH3 is 1. The van der Waals surface area contributed by atoms with E-state index in [1.807, 2.05) is 23.1 Å².